The first-order valence-electron chi connectivity index (χ1n) is 10.2. The van der Waals surface area contributed by atoms with Crippen LogP contribution in [0.15, 0.2) is 47.4 Å². The summed E-state index contributed by atoms with van der Waals surface area (Å²) in [5.74, 6) is -0.196. The molecule has 172 valence electrons. The zero-order valence-electron chi connectivity index (χ0n) is 17.7. The summed E-state index contributed by atoms with van der Waals surface area (Å²) in [5, 5.41) is 0.347. The molecule has 1 amide bonds. The van der Waals surface area contributed by atoms with Crippen molar-refractivity contribution in [1.29, 1.82) is 0 Å². The Bertz CT molecular complexity index is 1270. The van der Waals surface area contributed by atoms with Crippen LogP contribution >= 0.6 is 11.6 Å². The molecule has 0 spiro atoms. The highest BCUT2D eigenvalue weighted by molar-refractivity contribution is 7.92. The Balaban J connectivity index is 1.47. The number of benzene rings is 2. The van der Waals surface area contributed by atoms with Crippen LogP contribution in [0.2, 0.25) is 5.02 Å². The molecule has 1 saturated heterocycles. The van der Waals surface area contributed by atoms with Crippen molar-refractivity contribution in [2.75, 3.05) is 36.7 Å². The van der Waals surface area contributed by atoms with Crippen LogP contribution < -0.4 is 4.31 Å². The monoisotopic (exact) mass is 497 g/mol. The minimum atomic E-state index is -3.68. The lowest BCUT2D eigenvalue weighted by Gasteiger charge is -2.34. The van der Waals surface area contributed by atoms with Gasteiger partial charge in [-0.05, 0) is 55.3 Å². The van der Waals surface area contributed by atoms with Gasteiger partial charge in [-0.1, -0.05) is 17.7 Å². The molecule has 2 aliphatic rings. The normalized spacial score (nSPS) is 19.8. The summed E-state index contributed by atoms with van der Waals surface area (Å²) < 4.78 is 52.7. The van der Waals surface area contributed by atoms with Crippen molar-refractivity contribution in [3.05, 3.63) is 58.6 Å². The van der Waals surface area contributed by atoms with Crippen molar-refractivity contribution in [3.8, 4) is 0 Å². The lowest BCUT2D eigenvalue weighted by atomic mass is 10.1. The van der Waals surface area contributed by atoms with Gasteiger partial charge in [0.05, 0.1) is 16.8 Å². The molecule has 8 nitrogen and oxygen atoms in total. The molecule has 0 radical (unpaired) electrons. The average molecular weight is 498 g/mol. The predicted molar refractivity (Wildman–Crippen MR) is 123 cm³/mol. The number of carbonyl (C=O) groups is 1. The number of hydrogen-bond donors (Lipinski definition) is 0. The summed E-state index contributed by atoms with van der Waals surface area (Å²) in [6.45, 7) is 2.74. The second kappa shape index (κ2) is 8.33. The van der Waals surface area contributed by atoms with Gasteiger partial charge in [0.15, 0.2) is 0 Å². The molecule has 2 aliphatic heterocycles. The SMILES string of the molecule is CC1Cc2cc(C(=O)N3CCN(S(=O)(=O)c4cccc(Cl)c4)CC3)ccc2N1S(C)(=O)=O. The number of fused-ring (bicyclic) bond motifs is 1. The Labute approximate surface area is 193 Å². The molecule has 0 N–H and O–H groups in total. The van der Waals surface area contributed by atoms with E-state index in [2.05, 4.69) is 0 Å². The van der Waals surface area contributed by atoms with Crippen LogP contribution in [0, 0.1) is 0 Å². The van der Waals surface area contributed by atoms with Gasteiger partial charge in [-0.3, -0.25) is 9.10 Å². The highest BCUT2D eigenvalue weighted by Gasteiger charge is 2.34. The number of halogens is 1. The quantitative estimate of drug-likeness (QED) is 0.645. The Morgan fingerprint density at radius 3 is 2.31 bits per heavy atom. The van der Waals surface area contributed by atoms with Gasteiger partial charge < -0.3 is 4.90 Å². The fourth-order valence-electron chi connectivity index (χ4n) is 4.33. The summed E-state index contributed by atoms with van der Waals surface area (Å²) in [6, 6.07) is 11.0. The molecular formula is C21H24ClN3O5S2. The van der Waals surface area contributed by atoms with E-state index < -0.39 is 20.0 Å². The third-order valence-electron chi connectivity index (χ3n) is 5.80. The van der Waals surface area contributed by atoms with Crippen molar-refractivity contribution >= 4 is 43.2 Å². The second-order valence-corrected chi connectivity index (χ2v) is 12.3. The molecule has 2 heterocycles. The van der Waals surface area contributed by atoms with Gasteiger partial charge in [0.25, 0.3) is 5.91 Å². The van der Waals surface area contributed by atoms with Gasteiger partial charge in [0, 0.05) is 42.8 Å². The average Bonchev–Trinajstić information content (AvgIpc) is 3.08. The van der Waals surface area contributed by atoms with E-state index in [1.165, 1.54) is 27.0 Å². The van der Waals surface area contributed by atoms with Crippen LogP contribution in [0.1, 0.15) is 22.8 Å². The standard InChI is InChI=1S/C21H24ClN3O5S2/c1-15-12-17-13-16(6-7-20(17)25(15)31(2,27)28)21(26)23-8-10-24(11-9-23)32(29,30)19-5-3-4-18(22)14-19/h3-7,13-15H,8-12H2,1-2H3. The number of hydrogen-bond acceptors (Lipinski definition) is 5. The number of carbonyl (C=O) groups excluding carboxylic acids is 1. The van der Waals surface area contributed by atoms with E-state index in [0.717, 1.165) is 5.56 Å². The molecule has 0 saturated carbocycles. The number of rotatable bonds is 4. The zero-order valence-corrected chi connectivity index (χ0v) is 20.1. The maximum Gasteiger partial charge on any atom is 0.253 e. The first-order valence-corrected chi connectivity index (χ1v) is 13.8. The molecule has 0 bridgehead atoms. The molecule has 1 fully saturated rings. The molecule has 32 heavy (non-hydrogen) atoms. The number of piperazine rings is 1. The maximum atomic E-state index is 13.0. The molecule has 1 atom stereocenters. The third kappa shape index (κ3) is 4.24. The van der Waals surface area contributed by atoms with E-state index in [4.69, 9.17) is 11.6 Å². The second-order valence-electron chi connectivity index (χ2n) is 8.11. The van der Waals surface area contributed by atoms with Crippen LogP contribution in [-0.4, -0.2) is 70.4 Å². The largest absolute Gasteiger partial charge is 0.336 e. The minimum Gasteiger partial charge on any atom is -0.336 e. The van der Waals surface area contributed by atoms with Crippen molar-refractivity contribution in [2.45, 2.75) is 24.3 Å². The maximum absolute atomic E-state index is 13.0. The molecule has 11 heteroatoms. The molecule has 2 aromatic carbocycles. The highest BCUT2D eigenvalue weighted by Crippen LogP contribution is 2.35. The van der Waals surface area contributed by atoms with Gasteiger partial charge in [-0.15, -0.1) is 0 Å². The van der Waals surface area contributed by atoms with E-state index >= 15 is 0 Å². The Hall–Kier alpha value is -2.14. The van der Waals surface area contributed by atoms with Gasteiger partial charge in [-0.2, -0.15) is 4.31 Å². The molecular weight excluding hydrogens is 474 g/mol. The van der Waals surface area contributed by atoms with Crippen molar-refractivity contribution in [2.24, 2.45) is 0 Å². The van der Waals surface area contributed by atoms with Crippen molar-refractivity contribution in [3.63, 3.8) is 0 Å². The Morgan fingerprint density at radius 2 is 1.69 bits per heavy atom. The van der Waals surface area contributed by atoms with Crippen LogP contribution in [0.4, 0.5) is 5.69 Å². The van der Waals surface area contributed by atoms with E-state index in [0.29, 0.717) is 22.7 Å². The first-order chi connectivity index (χ1) is 15.0. The summed E-state index contributed by atoms with van der Waals surface area (Å²) >= 11 is 5.93. The van der Waals surface area contributed by atoms with E-state index in [-0.39, 0.29) is 43.0 Å². The number of sulfonamides is 2. The van der Waals surface area contributed by atoms with E-state index in [1.54, 1.807) is 35.2 Å². The topological polar surface area (TPSA) is 95.1 Å². The summed E-state index contributed by atoms with van der Waals surface area (Å²) in [7, 11) is -7.08. The van der Waals surface area contributed by atoms with Crippen LogP contribution in [0.3, 0.4) is 0 Å². The minimum absolute atomic E-state index is 0.132. The van der Waals surface area contributed by atoms with E-state index in [9.17, 15) is 21.6 Å². The van der Waals surface area contributed by atoms with Gasteiger partial charge in [0.2, 0.25) is 20.0 Å². The summed E-state index contributed by atoms with van der Waals surface area (Å²) in [6.07, 6.45) is 1.71. The zero-order chi connectivity index (χ0) is 23.3. The molecule has 0 aliphatic carbocycles. The lowest BCUT2D eigenvalue weighted by molar-refractivity contribution is 0.0698. The molecule has 4 rings (SSSR count). The number of anilines is 1. The van der Waals surface area contributed by atoms with Crippen molar-refractivity contribution in [1.82, 2.24) is 9.21 Å². The first kappa shape index (κ1) is 23.0. The van der Waals surface area contributed by atoms with Crippen molar-refractivity contribution < 1.29 is 21.6 Å². The Morgan fingerprint density at radius 1 is 1.00 bits per heavy atom. The number of amides is 1. The number of nitrogens with zero attached hydrogens (tertiary/aromatic N) is 3. The molecule has 2 aromatic rings. The van der Waals surface area contributed by atoms with Gasteiger partial charge in [0.1, 0.15) is 0 Å². The summed E-state index contributed by atoms with van der Waals surface area (Å²) in [4.78, 5) is 14.8. The Kier molecular flexibility index (Phi) is 6.00. The summed E-state index contributed by atoms with van der Waals surface area (Å²) in [5.41, 5.74) is 1.89. The predicted octanol–water partition coefficient (Wildman–Crippen LogP) is 2.20. The smallest absolute Gasteiger partial charge is 0.253 e. The van der Waals surface area contributed by atoms with Crippen LogP contribution in [0.25, 0.3) is 0 Å². The van der Waals surface area contributed by atoms with Gasteiger partial charge in [-0.25, -0.2) is 16.8 Å². The lowest BCUT2D eigenvalue weighted by Crippen LogP contribution is -2.50. The fraction of sp³-hybridized carbons (Fsp3) is 0.381. The van der Waals surface area contributed by atoms with Crippen LogP contribution in [0.5, 0.6) is 0 Å². The highest BCUT2D eigenvalue weighted by atomic mass is 35.5. The molecule has 1 unspecified atom stereocenters. The van der Waals surface area contributed by atoms with E-state index in [1.807, 2.05) is 6.92 Å². The van der Waals surface area contributed by atoms with Crippen LogP contribution in [-0.2, 0) is 26.5 Å². The fourth-order valence-corrected chi connectivity index (χ4v) is 7.32. The third-order valence-corrected chi connectivity index (χ3v) is 9.20. The van der Waals surface area contributed by atoms with Gasteiger partial charge >= 0.3 is 0 Å². The molecule has 0 aromatic heterocycles.